The van der Waals surface area contributed by atoms with Gasteiger partial charge in [-0.25, -0.2) is 4.79 Å². The fourth-order valence-electron chi connectivity index (χ4n) is 2.29. The van der Waals surface area contributed by atoms with Crippen LogP contribution in [-0.2, 0) is 13.7 Å². The molecule has 0 unspecified atom stereocenters. The zero-order chi connectivity index (χ0) is 18.6. The number of ether oxygens (including phenoxy) is 1. The fraction of sp³-hybridized carbons (Fsp3) is 0.875. The van der Waals surface area contributed by atoms with E-state index in [9.17, 15) is 9.59 Å². The Kier molecular flexibility index (Phi) is 12.9. The molecule has 1 N–H and O–H groups in total. The first-order valence-electron chi connectivity index (χ1n) is 8.46. The number of hydrogen-bond acceptors (Lipinski definition) is 5. The van der Waals surface area contributed by atoms with Gasteiger partial charge in [-0.05, 0) is 46.0 Å². The van der Waals surface area contributed by atoms with Crippen molar-refractivity contribution in [3.8, 4) is 0 Å². The van der Waals surface area contributed by atoms with Crippen LogP contribution in [0.15, 0.2) is 0 Å². The van der Waals surface area contributed by atoms with Crippen molar-refractivity contribution < 1.29 is 18.5 Å². The zero-order valence-electron chi connectivity index (χ0n) is 15.4. The molecular formula is C16H31IN2O4S. The summed E-state index contributed by atoms with van der Waals surface area (Å²) in [5, 5.41) is 2.51. The summed E-state index contributed by atoms with van der Waals surface area (Å²) in [6, 6.07) is 0. The number of piperidine rings is 1. The molecule has 2 amide bonds. The van der Waals surface area contributed by atoms with Gasteiger partial charge in [0.2, 0.25) is 5.91 Å². The lowest BCUT2D eigenvalue weighted by Gasteiger charge is -2.32. The van der Waals surface area contributed by atoms with Crippen molar-refractivity contribution in [2.75, 3.05) is 26.2 Å². The van der Waals surface area contributed by atoms with Gasteiger partial charge in [-0.1, -0.05) is 13.8 Å². The first-order chi connectivity index (χ1) is 11.3. The molecule has 0 radical (unpaired) electrons. The maximum Gasteiger partial charge on any atom is 0.408 e. The molecule has 24 heavy (non-hydrogen) atoms. The quantitative estimate of drug-likeness (QED) is 0.356. The molecule has 1 fully saturated rings. The summed E-state index contributed by atoms with van der Waals surface area (Å²) in [4.78, 5) is 25.4. The summed E-state index contributed by atoms with van der Waals surface area (Å²) in [6.45, 7) is 11.6. The van der Waals surface area contributed by atoms with Crippen LogP contribution in [0.1, 0.15) is 53.9 Å². The predicted octanol–water partition coefficient (Wildman–Crippen LogP) is 4.18. The SMILES string of the molecule is CC.CC(C)(C)OC(=O)NCC(=O)N1CCC(CCOSI)CC1. The average molecular weight is 474 g/mol. The van der Waals surface area contributed by atoms with Crippen LogP contribution in [0.4, 0.5) is 4.79 Å². The van der Waals surface area contributed by atoms with Crippen LogP contribution in [0.2, 0.25) is 0 Å². The molecule has 6 nitrogen and oxygen atoms in total. The molecule has 1 aliphatic heterocycles. The number of carbonyl (C=O) groups excluding carboxylic acids is 2. The number of nitrogens with one attached hydrogen (secondary N) is 1. The summed E-state index contributed by atoms with van der Waals surface area (Å²) in [5.74, 6) is 0.565. The van der Waals surface area contributed by atoms with E-state index in [1.165, 1.54) is 9.21 Å². The van der Waals surface area contributed by atoms with E-state index in [4.69, 9.17) is 8.92 Å². The molecule has 0 bridgehead atoms. The molecule has 0 atom stereocenters. The molecule has 0 spiro atoms. The van der Waals surface area contributed by atoms with E-state index in [1.807, 2.05) is 18.7 Å². The zero-order valence-corrected chi connectivity index (χ0v) is 18.4. The largest absolute Gasteiger partial charge is 0.444 e. The Labute approximate surface area is 162 Å². The van der Waals surface area contributed by atoms with Crippen LogP contribution < -0.4 is 5.32 Å². The number of carbonyl (C=O) groups is 2. The maximum absolute atomic E-state index is 12.1. The molecule has 0 aromatic rings. The molecule has 0 saturated carbocycles. The van der Waals surface area contributed by atoms with Crippen molar-refractivity contribution in [3.63, 3.8) is 0 Å². The minimum atomic E-state index is -0.552. The number of likely N-dealkylation sites (tertiary alicyclic amines) is 1. The summed E-state index contributed by atoms with van der Waals surface area (Å²) in [5.41, 5.74) is -0.552. The highest BCUT2D eigenvalue weighted by atomic mass is 127. The van der Waals surface area contributed by atoms with Crippen LogP contribution in [0.3, 0.4) is 0 Å². The van der Waals surface area contributed by atoms with Crippen molar-refractivity contribution >= 4 is 42.4 Å². The number of rotatable bonds is 6. The minimum Gasteiger partial charge on any atom is -0.444 e. The van der Waals surface area contributed by atoms with Gasteiger partial charge in [0, 0.05) is 34.3 Å². The Balaban J connectivity index is 0.00000254. The summed E-state index contributed by atoms with van der Waals surface area (Å²) >= 11 is 2.11. The molecule has 0 aromatic carbocycles. The molecule has 142 valence electrons. The highest BCUT2D eigenvalue weighted by Crippen LogP contribution is 2.22. The van der Waals surface area contributed by atoms with Crippen molar-refractivity contribution in [3.05, 3.63) is 0 Å². The third kappa shape index (κ3) is 11.4. The lowest BCUT2D eigenvalue weighted by Crippen LogP contribution is -2.45. The molecule has 0 aromatic heterocycles. The monoisotopic (exact) mass is 474 g/mol. The fourth-order valence-corrected chi connectivity index (χ4v) is 2.99. The number of amides is 2. The lowest BCUT2D eigenvalue weighted by atomic mass is 9.94. The van der Waals surface area contributed by atoms with Crippen LogP contribution in [-0.4, -0.2) is 48.7 Å². The molecule has 1 saturated heterocycles. The number of hydrogen-bond donors (Lipinski definition) is 1. The Morgan fingerprint density at radius 3 is 2.33 bits per heavy atom. The van der Waals surface area contributed by atoms with Gasteiger partial charge in [0.25, 0.3) is 0 Å². The Morgan fingerprint density at radius 2 is 1.83 bits per heavy atom. The van der Waals surface area contributed by atoms with E-state index >= 15 is 0 Å². The van der Waals surface area contributed by atoms with Crippen LogP contribution >= 0.6 is 30.4 Å². The number of nitrogens with zero attached hydrogens (tertiary/aromatic N) is 1. The molecule has 8 heteroatoms. The summed E-state index contributed by atoms with van der Waals surface area (Å²) < 4.78 is 10.4. The van der Waals surface area contributed by atoms with Gasteiger partial charge >= 0.3 is 6.09 Å². The molecule has 1 heterocycles. The second kappa shape index (κ2) is 13.0. The third-order valence-corrected chi connectivity index (χ3v) is 4.42. The van der Waals surface area contributed by atoms with Gasteiger partial charge in [0.1, 0.15) is 12.1 Å². The minimum absolute atomic E-state index is 0.00579. The molecule has 1 rings (SSSR count). The Morgan fingerprint density at radius 1 is 1.25 bits per heavy atom. The van der Waals surface area contributed by atoms with E-state index in [1.54, 1.807) is 20.8 Å². The first-order valence-corrected chi connectivity index (χ1v) is 11.7. The second-order valence-electron chi connectivity index (χ2n) is 6.35. The standard InChI is InChI=1S/C14H25IN2O4S.C2H6/c1-14(2,3)21-13(19)16-10-12(18)17-7-4-11(5-8-17)6-9-20-22-15;1-2/h11H,4-10H2,1-3H3,(H,16,19);1-2H3. The van der Waals surface area contributed by atoms with Crippen molar-refractivity contribution in [2.24, 2.45) is 5.92 Å². The Bertz CT molecular complexity index is 370. The van der Waals surface area contributed by atoms with Gasteiger partial charge in [-0.15, -0.1) is 0 Å². The van der Waals surface area contributed by atoms with Crippen LogP contribution in [0, 0.1) is 5.92 Å². The van der Waals surface area contributed by atoms with E-state index in [2.05, 4.69) is 26.5 Å². The van der Waals surface area contributed by atoms with E-state index in [-0.39, 0.29) is 12.5 Å². The topological polar surface area (TPSA) is 67.9 Å². The van der Waals surface area contributed by atoms with Gasteiger partial charge in [-0.2, -0.15) is 0 Å². The number of halogens is 1. The van der Waals surface area contributed by atoms with Crippen molar-refractivity contribution in [1.82, 2.24) is 10.2 Å². The van der Waals surface area contributed by atoms with E-state index < -0.39 is 11.7 Å². The summed E-state index contributed by atoms with van der Waals surface area (Å²) in [7, 11) is 1.36. The van der Waals surface area contributed by atoms with E-state index in [0.29, 0.717) is 5.92 Å². The van der Waals surface area contributed by atoms with Crippen molar-refractivity contribution in [1.29, 1.82) is 0 Å². The highest BCUT2D eigenvalue weighted by molar-refractivity contribution is 14.2. The van der Waals surface area contributed by atoms with Crippen LogP contribution in [0.25, 0.3) is 0 Å². The van der Waals surface area contributed by atoms with Gasteiger partial charge < -0.3 is 19.1 Å². The second-order valence-corrected chi connectivity index (χ2v) is 7.79. The number of alkyl carbamates (subject to hydrolysis) is 1. The van der Waals surface area contributed by atoms with Gasteiger partial charge in [-0.3, -0.25) is 4.79 Å². The summed E-state index contributed by atoms with van der Waals surface area (Å²) in [6.07, 6.45) is 2.47. The van der Waals surface area contributed by atoms with Crippen molar-refractivity contribution in [2.45, 2.75) is 59.5 Å². The highest BCUT2D eigenvalue weighted by Gasteiger charge is 2.23. The average Bonchev–Trinajstić information content (AvgIpc) is 2.54. The molecular weight excluding hydrogens is 443 g/mol. The Hall–Kier alpha value is -0.220. The smallest absolute Gasteiger partial charge is 0.408 e. The first kappa shape index (κ1) is 23.8. The van der Waals surface area contributed by atoms with Gasteiger partial charge in [0.15, 0.2) is 0 Å². The maximum atomic E-state index is 12.1. The lowest BCUT2D eigenvalue weighted by molar-refractivity contribution is -0.131. The predicted molar refractivity (Wildman–Crippen MR) is 107 cm³/mol. The third-order valence-electron chi connectivity index (χ3n) is 3.40. The normalized spacial score (nSPS) is 15.3. The molecule has 0 aliphatic carbocycles. The van der Waals surface area contributed by atoms with Gasteiger partial charge in [0.05, 0.1) is 15.8 Å². The molecule has 1 aliphatic rings. The van der Waals surface area contributed by atoms with Crippen LogP contribution in [0.5, 0.6) is 0 Å². The van der Waals surface area contributed by atoms with E-state index in [0.717, 1.165) is 39.0 Å².